The Morgan fingerprint density at radius 2 is 1.89 bits per heavy atom. The molecule has 0 radical (unpaired) electrons. The molecule has 2 aromatic heterocycles. The molecule has 0 aliphatic carbocycles. The fourth-order valence-electron chi connectivity index (χ4n) is 2.38. The van der Waals surface area contributed by atoms with Crippen LogP contribution in [-0.2, 0) is 6.54 Å². The van der Waals surface area contributed by atoms with E-state index in [1.165, 1.54) is 35.0 Å². The number of halogens is 1. The summed E-state index contributed by atoms with van der Waals surface area (Å²) >= 11 is 0. The van der Waals surface area contributed by atoms with E-state index < -0.39 is 17.2 Å². The molecule has 0 spiro atoms. The molecule has 0 atom stereocenters. The van der Waals surface area contributed by atoms with Crippen LogP contribution in [-0.4, -0.2) is 27.3 Å². The van der Waals surface area contributed by atoms with Crippen LogP contribution in [0.25, 0.3) is 5.69 Å². The Labute approximate surface area is 154 Å². The van der Waals surface area contributed by atoms with Crippen molar-refractivity contribution < 1.29 is 13.9 Å². The van der Waals surface area contributed by atoms with Crippen molar-refractivity contribution in [3.63, 3.8) is 0 Å². The highest BCUT2D eigenvalue weighted by atomic mass is 19.1. The van der Waals surface area contributed by atoms with Gasteiger partial charge in [0.2, 0.25) is 11.3 Å². The van der Waals surface area contributed by atoms with Gasteiger partial charge in [0.15, 0.2) is 5.69 Å². The van der Waals surface area contributed by atoms with Crippen LogP contribution >= 0.6 is 0 Å². The van der Waals surface area contributed by atoms with Gasteiger partial charge in [0, 0.05) is 18.9 Å². The smallest absolute Gasteiger partial charge is 0.276 e. The van der Waals surface area contributed by atoms with Crippen molar-refractivity contribution >= 4 is 5.91 Å². The lowest BCUT2D eigenvalue weighted by Gasteiger charge is -2.13. The summed E-state index contributed by atoms with van der Waals surface area (Å²) in [4.78, 5) is 28.7. The van der Waals surface area contributed by atoms with Crippen LogP contribution in [0.4, 0.5) is 4.39 Å². The van der Waals surface area contributed by atoms with Crippen molar-refractivity contribution in [3.05, 3.63) is 82.2 Å². The monoisotopic (exact) mass is 368 g/mol. The minimum Gasteiger partial charge on any atom is -0.478 e. The van der Waals surface area contributed by atoms with E-state index in [9.17, 15) is 14.0 Å². The summed E-state index contributed by atoms with van der Waals surface area (Å²) in [5, 5.41) is 6.79. The van der Waals surface area contributed by atoms with Crippen molar-refractivity contribution in [2.45, 2.75) is 13.5 Å². The molecule has 27 heavy (non-hydrogen) atoms. The Bertz CT molecular complexity index is 988. The lowest BCUT2D eigenvalue weighted by atomic mass is 10.2. The largest absolute Gasteiger partial charge is 0.478 e. The zero-order valence-corrected chi connectivity index (χ0v) is 14.6. The molecule has 8 heteroatoms. The van der Waals surface area contributed by atoms with Gasteiger partial charge in [-0.3, -0.25) is 14.6 Å². The third kappa shape index (κ3) is 4.35. The Balaban J connectivity index is 1.93. The predicted molar refractivity (Wildman–Crippen MR) is 96.4 cm³/mol. The van der Waals surface area contributed by atoms with Gasteiger partial charge in [0.25, 0.3) is 5.91 Å². The molecule has 2 heterocycles. The first kappa shape index (κ1) is 18.2. The number of hydrogen-bond acceptors (Lipinski definition) is 5. The van der Waals surface area contributed by atoms with Crippen LogP contribution in [0.3, 0.4) is 0 Å². The fraction of sp³-hybridized carbons (Fsp3) is 0.158. The van der Waals surface area contributed by atoms with Crippen LogP contribution in [0, 0.1) is 5.82 Å². The number of rotatable bonds is 6. The summed E-state index contributed by atoms with van der Waals surface area (Å²) in [7, 11) is 0. The Morgan fingerprint density at radius 1 is 1.19 bits per heavy atom. The second kappa shape index (κ2) is 8.22. The van der Waals surface area contributed by atoms with Gasteiger partial charge in [-0.05, 0) is 48.9 Å². The number of hydrogen-bond donors (Lipinski definition) is 1. The number of carbonyl (C=O) groups excluding carboxylic acids is 1. The van der Waals surface area contributed by atoms with Crippen LogP contribution in [0.2, 0.25) is 0 Å². The summed E-state index contributed by atoms with van der Waals surface area (Å²) in [5.74, 6) is -0.858. The second-order valence-corrected chi connectivity index (χ2v) is 5.55. The average Bonchev–Trinajstić information content (AvgIpc) is 2.68. The van der Waals surface area contributed by atoms with E-state index in [2.05, 4.69) is 15.4 Å². The summed E-state index contributed by atoms with van der Waals surface area (Å²) in [5.41, 5.74) is 0.451. The fourth-order valence-corrected chi connectivity index (χ4v) is 2.38. The Hall–Kier alpha value is -3.55. The number of aromatic nitrogens is 3. The van der Waals surface area contributed by atoms with Gasteiger partial charge >= 0.3 is 0 Å². The molecule has 0 aliphatic heterocycles. The molecule has 138 valence electrons. The molecule has 0 saturated carbocycles. The summed E-state index contributed by atoms with van der Waals surface area (Å²) in [6, 6.07) is 10.2. The summed E-state index contributed by atoms with van der Waals surface area (Å²) in [6.45, 7) is 2.29. The number of carbonyl (C=O) groups is 1. The third-order valence-electron chi connectivity index (χ3n) is 3.68. The van der Waals surface area contributed by atoms with E-state index >= 15 is 0 Å². The van der Waals surface area contributed by atoms with E-state index in [-0.39, 0.29) is 18.1 Å². The van der Waals surface area contributed by atoms with E-state index in [0.717, 1.165) is 5.56 Å². The first-order chi connectivity index (χ1) is 13.1. The SMILES string of the molecule is CCOc1cc(=O)c(C(=O)NCc2ccncc2)nn1-c1ccc(F)cc1. The van der Waals surface area contributed by atoms with Gasteiger partial charge in [-0.15, -0.1) is 0 Å². The molecule has 0 bridgehead atoms. The zero-order valence-electron chi connectivity index (χ0n) is 14.6. The maximum atomic E-state index is 13.2. The normalized spacial score (nSPS) is 10.4. The van der Waals surface area contributed by atoms with Crippen LogP contribution in [0.15, 0.2) is 59.7 Å². The first-order valence-electron chi connectivity index (χ1n) is 8.28. The molecule has 0 fully saturated rings. The molecule has 0 unspecified atom stereocenters. The zero-order chi connectivity index (χ0) is 19.2. The maximum Gasteiger partial charge on any atom is 0.276 e. The quantitative estimate of drug-likeness (QED) is 0.720. The molecule has 1 aromatic carbocycles. The molecular formula is C19H17FN4O3. The maximum absolute atomic E-state index is 13.2. The van der Waals surface area contributed by atoms with E-state index in [1.807, 2.05) is 0 Å². The second-order valence-electron chi connectivity index (χ2n) is 5.55. The van der Waals surface area contributed by atoms with Gasteiger partial charge in [0.1, 0.15) is 5.82 Å². The average molecular weight is 368 g/mol. The minimum atomic E-state index is -0.615. The van der Waals surface area contributed by atoms with E-state index in [1.54, 1.807) is 31.5 Å². The molecular weight excluding hydrogens is 351 g/mol. The topological polar surface area (TPSA) is 86.1 Å². The lowest BCUT2D eigenvalue weighted by Crippen LogP contribution is -2.31. The van der Waals surface area contributed by atoms with Gasteiger partial charge in [-0.1, -0.05) is 0 Å². The van der Waals surface area contributed by atoms with Gasteiger partial charge in [-0.2, -0.15) is 5.10 Å². The van der Waals surface area contributed by atoms with Crippen LogP contribution in [0.1, 0.15) is 23.0 Å². The molecule has 0 saturated heterocycles. The number of benzene rings is 1. The lowest BCUT2D eigenvalue weighted by molar-refractivity contribution is 0.0942. The van der Waals surface area contributed by atoms with Gasteiger partial charge in [0.05, 0.1) is 18.4 Å². The van der Waals surface area contributed by atoms with Crippen LogP contribution < -0.4 is 15.5 Å². The van der Waals surface area contributed by atoms with Crippen molar-refractivity contribution in [3.8, 4) is 11.6 Å². The molecule has 3 rings (SSSR count). The summed E-state index contributed by atoms with van der Waals surface area (Å²) in [6.07, 6.45) is 3.22. The first-order valence-corrected chi connectivity index (χ1v) is 8.28. The minimum absolute atomic E-state index is 0.166. The molecule has 0 aliphatic rings. The van der Waals surface area contributed by atoms with Crippen molar-refractivity contribution in [2.75, 3.05) is 6.61 Å². The van der Waals surface area contributed by atoms with Gasteiger partial charge in [-0.25, -0.2) is 9.07 Å². The number of pyridine rings is 1. The van der Waals surface area contributed by atoms with Crippen LogP contribution in [0.5, 0.6) is 5.88 Å². The standard InChI is InChI=1S/C19H17FN4O3/c1-2-27-17-11-16(25)18(19(26)22-12-13-7-9-21-10-8-13)23-24(17)15-5-3-14(20)4-6-15/h3-11H,2,12H2,1H3,(H,22,26). The predicted octanol–water partition coefficient (Wildman–Crippen LogP) is 2.10. The molecule has 1 amide bonds. The highest BCUT2D eigenvalue weighted by Crippen LogP contribution is 2.16. The molecule has 3 aromatic rings. The van der Waals surface area contributed by atoms with Gasteiger partial charge < -0.3 is 10.1 Å². The third-order valence-corrected chi connectivity index (χ3v) is 3.68. The number of amides is 1. The highest BCUT2D eigenvalue weighted by Gasteiger charge is 2.17. The Morgan fingerprint density at radius 3 is 2.56 bits per heavy atom. The number of ether oxygens (including phenoxy) is 1. The van der Waals surface area contributed by atoms with Crippen molar-refractivity contribution in [1.29, 1.82) is 0 Å². The highest BCUT2D eigenvalue weighted by molar-refractivity contribution is 5.92. The summed E-state index contributed by atoms with van der Waals surface area (Å²) < 4.78 is 19.9. The number of nitrogens with one attached hydrogen (secondary N) is 1. The molecule has 1 N–H and O–H groups in total. The van der Waals surface area contributed by atoms with E-state index in [4.69, 9.17) is 4.74 Å². The number of nitrogens with zero attached hydrogens (tertiary/aromatic N) is 3. The Kier molecular flexibility index (Phi) is 5.55. The molecule has 7 nitrogen and oxygen atoms in total. The van der Waals surface area contributed by atoms with E-state index in [0.29, 0.717) is 12.3 Å². The van der Waals surface area contributed by atoms with Crippen molar-refractivity contribution in [2.24, 2.45) is 0 Å². The van der Waals surface area contributed by atoms with Crippen molar-refractivity contribution in [1.82, 2.24) is 20.1 Å².